The Hall–Kier alpha value is -3.33. The van der Waals surface area contributed by atoms with E-state index in [4.69, 9.17) is 33.3 Å². The lowest BCUT2D eigenvalue weighted by Gasteiger charge is -2.27. The number of nitrogens with one attached hydrogen (secondary N) is 1. The Balaban J connectivity index is 1.64. The quantitative estimate of drug-likeness (QED) is 0.184. The van der Waals surface area contributed by atoms with Gasteiger partial charge in [-0.2, -0.15) is 0 Å². The van der Waals surface area contributed by atoms with E-state index in [1.165, 1.54) is 16.2 Å². The first-order chi connectivity index (χ1) is 16.5. The number of aromatic nitrogens is 3. The molecule has 172 valence electrons. The highest BCUT2D eigenvalue weighted by molar-refractivity contribution is 7.15. The van der Waals surface area contributed by atoms with Gasteiger partial charge in [0.25, 0.3) is 0 Å². The lowest BCUT2D eigenvalue weighted by atomic mass is 9.97. The summed E-state index contributed by atoms with van der Waals surface area (Å²) in [7, 11) is 0. The zero-order chi connectivity index (χ0) is 23.9. The van der Waals surface area contributed by atoms with E-state index in [2.05, 4.69) is 15.0 Å². The van der Waals surface area contributed by atoms with E-state index in [9.17, 15) is 4.79 Å². The number of halogens is 2. The van der Waals surface area contributed by atoms with E-state index in [0.29, 0.717) is 21.0 Å². The summed E-state index contributed by atoms with van der Waals surface area (Å²) >= 11 is 13.1. The van der Waals surface area contributed by atoms with Crippen molar-refractivity contribution in [2.75, 3.05) is 4.90 Å². The third kappa shape index (κ3) is 5.96. The molecule has 0 aliphatic rings. The molecule has 0 fully saturated rings. The third-order valence-electron chi connectivity index (χ3n) is 4.86. The smallest absolute Gasteiger partial charge is 0.245 e. The second kappa shape index (κ2) is 11.2. The fraction of sp³-hybridized carbons (Fsp3) is 0.125. The number of benzene rings is 1. The molecule has 34 heavy (non-hydrogen) atoms. The number of carbonyl (C=O) groups is 1. The molecule has 1 amide bonds. The minimum Gasteiger partial charge on any atom is -0.475 e. The number of rotatable bonds is 8. The molecule has 0 spiro atoms. The van der Waals surface area contributed by atoms with Gasteiger partial charge < -0.3 is 4.74 Å². The van der Waals surface area contributed by atoms with Crippen molar-refractivity contribution in [3.63, 3.8) is 0 Å². The van der Waals surface area contributed by atoms with Gasteiger partial charge in [-0.1, -0.05) is 65.7 Å². The summed E-state index contributed by atoms with van der Waals surface area (Å²) in [6, 6.07) is 17.8. The average Bonchev–Trinajstić information content (AvgIpc) is 3.28. The molecule has 3 aromatic heterocycles. The Bertz CT molecular complexity index is 1250. The SMILES string of the molecule is N=C(OCc1ccc(Cl)nc1)C(C(=O)N(Cc1cnc(Cl)s1)c1ccccn1)c1ccccc1. The highest BCUT2D eigenvalue weighted by Crippen LogP contribution is 2.27. The predicted octanol–water partition coefficient (Wildman–Crippen LogP) is 5.75. The summed E-state index contributed by atoms with van der Waals surface area (Å²) in [5.74, 6) is -1.07. The van der Waals surface area contributed by atoms with Gasteiger partial charge in [0.05, 0.1) is 6.54 Å². The Kier molecular flexibility index (Phi) is 7.84. The van der Waals surface area contributed by atoms with E-state index in [1.54, 1.807) is 61.1 Å². The Morgan fingerprint density at radius 2 is 1.79 bits per heavy atom. The Labute approximate surface area is 210 Å². The van der Waals surface area contributed by atoms with Gasteiger partial charge in [-0.3, -0.25) is 15.1 Å². The first-order valence-electron chi connectivity index (χ1n) is 10.2. The summed E-state index contributed by atoms with van der Waals surface area (Å²) < 4.78 is 6.13. The summed E-state index contributed by atoms with van der Waals surface area (Å²) in [4.78, 5) is 28.7. The number of thiazole rings is 1. The van der Waals surface area contributed by atoms with Crippen LogP contribution < -0.4 is 4.90 Å². The normalized spacial score (nSPS) is 11.6. The first kappa shape index (κ1) is 23.8. The van der Waals surface area contributed by atoms with Gasteiger partial charge in [0, 0.05) is 29.0 Å². The molecule has 0 radical (unpaired) electrons. The number of pyridine rings is 2. The number of nitrogens with zero attached hydrogens (tertiary/aromatic N) is 4. The largest absolute Gasteiger partial charge is 0.475 e. The van der Waals surface area contributed by atoms with Crippen molar-refractivity contribution >= 4 is 52.2 Å². The molecule has 0 aliphatic carbocycles. The lowest BCUT2D eigenvalue weighted by Crippen LogP contribution is -2.38. The van der Waals surface area contributed by atoms with Crippen LogP contribution in [0, 0.1) is 5.41 Å². The zero-order valence-corrected chi connectivity index (χ0v) is 20.1. The standard InChI is InChI=1S/C24H19Cl2N5O2S/c25-19-10-9-16(12-29-19)15-33-22(27)21(17-6-2-1-3-7-17)23(32)31(20-8-4-5-11-28-20)14-18-13-30-24(26)34-18/h1-13,21,27H,14-15H2. The molecule has 0 aliphatic heterocycles. The molecule has 0 saturated heterocycles. The van der Waals surface area contributed by atoms with E-state index < -0.39 is 5.92 Å². The fourth-order valence-electron chi connectivity index (χ4n) is 3.24. The van der Waals surface area contributed by atoms with Crippen molar-refractivity contribution in [3.8, 4) is 0 Å². The van der Waals surface area contributed by atoms with Crippen LogP contribution in [0.25, 0.3) is 0 Å². The molecule has 1 aromatic carbocycles. The summed E-state index contributed by atoms with van der Waals surface area (Å²) in [6.45, 7) is 0.283. The van der Waals surface area contributed by atoms with Crippen molar-refractivity contribution in [3.05, 3.63) is 105 Å². The molecule has 1 unspecified atom stereocenters. The van der Waals surface area contributed by atoms with Crippen LogP contribution in [-0.2, 0) is 22.7 Å². The number of hydrogen-bond donors (Lipinski definition) is 1. The van der Waals surface area contributed by atoms with Crippen molar-refractivity contribution in [2.45, 2.75) is 19.1 Å². The minimum atomic E-state index is -0.980. The van der Waals surface area contributed by atoms with Gasteiger partial charge in [-0.25, -0.2) is 15.0 Å². The maximum absolute atomic E-state index is 13.9. The van der Waals surface area contributed by atoms with Crippen molar-refractivity contribution < 1.29 is 9.53 Å². The van der Waals surface area contributed by atoms with Crippen molar-refractivity contribution in [1.82, 2.24) is 15.0 Å². The summed E-state index contributed by atoms with van der Waals surface area (Å²) in [5, 5.41) is 9.04. The fourth-order valence-corrected chi connectivity index (χ4v) is 4.32. The molecular weight excluding hydrogens is 493 g/mol. The van der Waals surface area contributed by atoms with E-state index in [0.717, 1.165) is 10.4 Å². The van der Waals surface area contributed by atoms with Gasteiger partial charge in [-0.05, 0) is 23.8 Å². The number of amides is 1. The lowest BCUT2D eigenvalue weighted by molar-refractivity contribution is -0.119. The highest BCUT2D eigenvalue weighted by Gasteiger charge is 2.33. The van der Waals surface area contributed by atoms with Crippen LogP contribution in [0.5, 0.6) is 0 Å². The Morgan fingerprint density at radius 1 is 1.00 bits per heavy atom. The van der Waals surface area contributed by atoms with Crippen molar-refractivity contribution in [1.29, 1.82) is 5.41 Å². The maximum Gasteiger partial charge on any atom is 0.245 e. The number of anilines is 1. The molecule has 0 bridgehead atoms. The van der Waals surface area contributed by atoms with Gasteiger partial charge in [0.15, 0.2) is 10.4 Å². The van der Waals surface area contributed by atoms with Crippen LogP contribution in [0.1, 0.15) is 21.9 Å². The van der Waals surface area contributed by atoms with Crippen LogP contribution in [0.2, 0.25) is 9.62 Å². The number of ether oxygens (including phenoxy) is 1. The summed E-state index contributed by atoms with van der Waals surface area (Å²) in [6.07, 6.45) is 4.81. The Morgan fingerprint density at radius 3 is 2.44 bits per heavy atom. The molecule has 7 nitrogen and oxygen atoms in total. The maximum atomic E-state index is 13.9. The monoisotopic (exact) mass is 511 g/mol. The third-order valence-corrected chi connectivity index (χ3v) is 6.18. The van der Waals surface area contributed by atoms with E-state index in [1.807, 2.05) is 18.2 Å². The van der Waals surface area contributed by atoms with Crippen LogP contribution in [0.4, 0.5) is 5.82 Å². The van der Waals surface area contributed by atoms with Crippen LogP contribution in [0.3, 0.4) is 0 Å². The second-order valence-corrected chi connectivity index (χ2v) is 9.26. The second-order valence-electron chi connectivity index (χ2n) is 7.18. The van der Waals surface area contributed by atoms with E-state index in [-0.39, 0.29) is 25.0 Å². The summed E-state index contributed by atoms with van der Waals surface area (Å²) in [5.41, 5.74) is 1.37. The van der Waals surface area contributed by atoms with Gasteiger partial charge in [0.2, 0.25) is 5.91 Å². The molecule has 10 heteroatoms. The van der Waals surface area contributed by atoms with E-state index >= 15 is 0 Å². The highest BCUT2D eigenvalue weighted by atomic mass is 35.5. The molecule has 3 heterocycles. The molecule has 4 aromatic rings. The van der Waals surface area contributed by atoms with Gasteiger partial charge in [0.1, 0.15) is 23.5 Å². The van der Waals surface area contributed by atoms with Gasteiger partial charge >= 0.3 is 0 Å². The number of hydrogen-bond acceptors (Lipinski definition) is 7. The first-order valence-corrected chi connectivity index (χ1v) is 11.8. The van der Waals surface area contributed by atoms with Gasteiger partial charge in [-0.15, -0.1) is 11.3 Å². The van der Waals surface area contributed by atoms with Crippen molar-refractivity contribution in [2.24, 2.45) is 0 Å². The molecule has 1 atom stereocenters. The topological polar surface area (TPSA) is 92.1 Å². The molecule has 0 saturated carbocycles. The van der Waals surface area contributed by atoms with Crippen LogP contribution in [-0.4, -0.2) is 26.8 Å². The zero-order valence-electron chi connectivity index (χ0n) is 17.8. The average molecular weight is 512 g/mol. The van der Waals surface area contributed by atoms with Crippen LogP contribution in [0.15, 0.2) is 79.3 Å². The number of carbonyl (C=O) groups excluding carboxylic acids is 1. The molecular formula is C24H19Cl2N5O2S. The molecule has 1 N–H and O–H groups in total. The predicted molar refractivity (Wildman–Crippen MR) is 133 cm³/mol. The minimum absolute atomic E-state index is 0.0770. The van der Waals surface area contributed by atoms with Crippen LogP contribution >= 0.6 is 34.5 Å². The molecule has 4 rings (SSSR count).